The smallest absolute Gasteiger partial charge is 0.309 e. The van der Waals surface area contributed by atoms with Crippen LogP contribution in [0.5, 0.6) is 0 Å². The second-order valence-corrected chi connectivity index (χ2v) is 3.45. The Labute approximate surface area is 94.3 Å². The number of rotatable bonds is 2. The molecular weight excluding hydrogens is 229 g/mol. The minimum absolute atomic E-state index is 0.124. The van der Waals surface area contributed by atoms with Crippen LogP contribution in [0.4, 0.5) is 10.1 Å². The van der Waals surface area contributed by atoms with Gasteiger partial charge < -0.3 is 4.98 Å². The SMILES string of the molecule is CCc1[nH]c(=O)nc2cc([N+](=O)[O-])c(F)cc12. The number of halogens is 1. The predicted octanol–water partition coefficient (Wildman–Crippen LogP) is 1.53. The van der Waals surface area contributed by atoms with Gasteiger partial charge in [-0.2, -0.15) is 9.37 Å². The maximum atomic E-state index is 13.4. The summed E-state index contributed by atoms with van der Waals surface area (Å²) in [4.78, 5) is 27.0. The summed E-state index contributed by atoms with van der Waals surface area (Å²) in [5, 5.41) is 10.9. The van der Waals surface area contributed by atoms with Crippen LogP contribution in [0.3, 0.4) is 0 Å². The Bertz CT molecular complexity index is 666. The third-order valence-electron chi connectivity index (χ3n) is 2.42. The third-order valence-corrected chi connectivity index (χ3v) is 2.42. The van der Waals surface area contributed by atoms with Crippen molar-refractivity contribution in [2.45, 2.75) is 13.3 Å². The molecule has 1 aromatic heterocycles. The molecule has 0 atom stereocenters. The lowest BCUT2D eigenvalue weighted by atomic mass is 10.1. The first-order valence-electron chi connectivity index (χ1n) is 4.89. The topological polar surface area (TPSA) is 88.9 Å². The molecule has 2 rings (SSSR count). The number of nitrogens with zero attached hydrogens (tertiary/aromatic N) is 2. The molecule has 0 unspecified atom stereocenters. The van der Waals surface area contributed by atoms with E-state index in [-0.39, 0.29) is 5.52 Å². The summed E-state index contributed by atoms with van der Waals surface area (Å²) in [6.45, 7) is 1.78. The summed E-state index contributed by atoms with van der Waals surface area (Å²) < 4.78 is 13.4. The van der Waals surface area contributed by atoms with Crippen molar-refractivity contribution in [2.75, 3.05) is 0 Å². The number of nitro groups is 1. The molecule has 0 aliphatic heterocycles. The quantitative estimate of drug-likeness (QED) is 0.633. The molecule has 0 aliphatic carbocycles. The first kappa shape index (κ1) is 11.2. The Hall–Kier alpha value is -2.31. The van der Waals surface area contributed by atoms with E-state index >= 15 is 0 Å². The van der Waals surface area contributed by atoms with Gasteiger partial charge in [0.05, 0.1) is 10.4 Å². The van der Waals surface area contributed by atoms with Crippen LogP contribution in [0, 0.1) is 15.9 Å². The molecule has 7 heteroatoms. The lowest BCUT2D eigenvalue weighted by Crippen LogP contribution is -2.13. The maximum absolute atomic E-state index is 13.4. The van der Waals surface area contributed by atoms with Gasteiger partial charge >= 0.3 is 11.4 Å². The molecule has 0 amide bonds. The summed E-state index contributed by atoms with van der Waals surface area (Å²) in [6, 6.07) is 1.99. The normalized spacial score (nSPS) is 10.7. The number of fused-ring (bicyclic) bond motifs is 1. The summed E-state index contributed by atoms with van der Waals surface area (Å²) in [5.74, 6) is -0.939. The summed E-state index contributed by atoms with van der Waals surface area (Å²) >= 11 is 0. The van der Waals surface area contributed by atoms with E-state index in [1.165, 1.54) is 0 Å². The van der Waals surface area contributed by atoms with E-state index in [0.29, 0.717) is 17.5 Å². The first-order chi connectivity index (χ1) is 8.02. The summed E-state index contributed by atoms with van der Waals surface area (Å²) in [6.07, 6.45) is 0.478. The summed E-state index contributed by atoms with van der Waals surface area (Å²) in [5.41, 5.74) is -0.652. The average Bonchev–Trinajstić information content (AvgIpc) is 2.27. The highest BCUT2D eigenvalue weighted by Crippen LogP contribution is 2.24. The molecule has 0 saturated heterocycles. The van der Waals surface area contributed by atoms with Crippen LogP contribution in [0.2, 0.25) is 0 Å². The van der Waals surface area contributed by atoms with Crippen LogP contribution in [0.1, 0.15) is 12.6 Å². The first-order valence-corrected chi connectivity index (χ1v) is 4.89. The molecular formula is C10H8FN3O3. The number of nitrogens with one attached hydrogen (secondary N) is 1. The van der Waals surface area contributed by atoms with Gasteiger partial charge in [-0.05, 0) is 12.5 Å². The Morgan fingerprint density at radius 3 is 2.82 bits per heavy atom. The van der Waals surface area contributed by atoms with Gasteiger partial charge in [0.15, 0.2) is 0 Å². The number of hydrogen-bond donors (Lipinski definition) is 1. The van der Waals surface area contributed by atoms with Gasteiger partial charge in [-0.3, -0.25) is 10.1 Å². The molecule has 88 valence electrons. The fourth-order valence-electron chi connectivity index (χ4n) is 1.64. The zero-order valence-electron chi connectivity index (χ0n) is 8.86. The van der Waals surface area contributed by atoms with Crippen LogP contribution in [-0.4, -0.2) is 14.9 Å². The monoisotopic (exact) mass is 237 g/mol. The highest BCUT2D eigenvalue weighted by Gasteiger charge is 2.17. The largest absolute Gasteiger partial charge is 0.345 e. The predicted molar refractivity (Wildman–Crippen MR) is 58.4 cm³/mol. The molecule has 0 aliphatic rings. The van der Waals surface area contributed by atoms with Crippen LogP contribution in [0.25, 0.3) is 10.9 Å². The number of aryl methyl sites for hydroxylation is 1. The maximum Gasteiger partial charge on any atom is 0.345 e. The number of aromatic amines is 1. The van der Waals surface area contributed by atoms with Crippen molar-refractivity contribution in [3.8, 4) is 0 Å². The zero-order valence-corrected chi connectivity index (χ0v) is 8.86. The molecule has 0 saturated carbocycles. The average molecular weight is 237 g/mol. The molecule has 6 nitrogen and oxygen atoms in total. The van der Waals surface area contributed by atoms with E-state index in [1.807, 2.05) is 0 Å². The van der Waals surface area contributed by atoms with Crippen molar-refractivity contribution >= 4 is 16.6 Å². The number of H-pyrrole nitrogens is 1. The van der Waals surface area contributed by atoms with E-state index in [2.05, 4.69) is 9.97 Å². The van der Waals surface area contributed by atoms with Crippen molar-refractivity contribution < 1.29 is 9.31 Å². The van der Waals surface area contributed by atoms with Crippen LogP contribution < -0.4 is 5.69 Å². The third kappa shape index (κ3) is 1.86. The second kappa shape index (κ2) is 3.93. The molecule has 1 aromatic carbocycles. The van der Waals surface area contributed by atoms with E-state index in [9.17, 15) is 19.3 Å². The molecule has 0 radical (unpaired) electrons. The number of aromatic nitrogens is 2. The minimum Gasteiger partial charge on any atom is -0.309 e. The van der Waals surface area contributed by atoms with Crippen molar-refractivity contribution in [3.63, 3.8) is 0 Å². The molecule has 17 heavy (non-hydrogen) atoms. The fraction of sp³-hybridized carbons (Fsp3) is 0.200. The molecule has 1 N–H and O–H groups in total. The minimum atomic E-state index is -0.939. The van der Waals surface area contributed by atoms with Gasteiger partial charge in [0, 0.05) is 17.1 Å². The van der Waals surface area contributed by atoms with Crippen LogP contribution in [0.15, 0.2) is 16.9 Å². The lowest BCUT2D eigenvalue weighted by Gasteiger charge is -2.03. The van der Waals surface area contributed by atoms with Gasteiger partial charge in [-0.15, -0.1) is 0 Å². The van der Waals surface area contributed by atoms with Gasteiger partial charge in [0.2, 0.25) is 5.82 Å². The molecule has 0 fully saturated rings. The summed E-state index contributed by atoms with van der Waals surface area (Å²) in [7, 11) is 0. The second-order valence-electron chi connectivity index (χ2n) is 3.45. The van der Waals surface area contributed by atoms with Gasteiger partial charge in [0.25, 0.3) is 0 Å². The number of benzene rings is 1. The highest BCUT2D eigenvalue weighted by molar-refractivity contribution is 5.83. The van der Waals surface area contributed by atoms with E-state index in [1.54, 1.807) is 6.92 Å². The Balaban J connectivity index is 2.87. The van der Waals surface area contributed by atoms with Crippen molar-refractivity contribution in [3.05, 3.63) is 44.2 Å². The molecule has 0 bridgehead atoms. The Kier molecular flexibility index (Phi) is 2.58. The van der Waals surface area contributed by atoms with Gasteiger partial charge in [-0.1, -0.05) is 6.92 Å². The van der Waals surface area contributed by atoms with Gasteiger partial charge in [-0.25, -0.2) is 4.79 Å². The standard InChI is InChI=1S/C10H8FN3O3/c1-2-7-5-3-6(11)9(14(16)17)4-8(5)13-10(15)12-7/h3-4H,2H2,1H3,(H,12,13,15). The van der Waals surface area contributed by atoms with Crippen LogP contribution >= 0.6 is 0 Å². The lowest BCUT2D eigenvalue weighted by molar-refractivity contribution is -0.387. The van der Waals surface area contributed by atoms with E-state index < -0.39 is 22.1 Å². The van der Waals surface area contributed by atoms with E-state index in [0.717, 1.165) is 12.1 Å². The van der Waals surface area contributed by atoms with Gasteiger partial charge in [0.1, 0.15) is 0 Å². The van der Waals surface area contributed by atoms with E-state index in [4.69, 9.17) is 0 Å². The fourth-order valence-corrected chi connectivity index (χ4v) is 1.64. The van der Waals surface area contributed by atoms with Crippen molar-refractivity contribution in [1.29, 1.82) is 0 Å². The van der Waals surface area contributed by atoms with Crippen LogP contribution in [-0.2, 0) is 6.42 Å². The molecule has 1 heterocycles. The molecule has 0 spiro atoms. The number of hydrogen-bond acceptors (Lipinski definition) is 4. The number of nitro benzene ring substituents is 1. The van der Waals surface area contributed by atoms with Crippen molar-refractivity contribution in [2.24, 2.45) is 0 Å². The molecule has 2 aromatic rings. The van der Waals surface area contributed by atoms with Crippen molar-refractivity contribution in [1.82, 2.24) is 9.97 Å². The Morgan fingerprint density at radius 2 is 2.24 bits per heavy atom. The zero-order chi connectivity index (χ0) is 12.6. The Morgan fingerprint density at radius 1 is 1.53 bits per heavy atom. The highest BCUT2D eigenvalue weighted by atomic mass is 19.1.